The molecule has 1 aromatic carbocycles. The Hall–Kier alpha value is -1.91. The van der Waals surface area contributed by atoms with Gasteiger partial charge in [0.15, 0.2) is 0 Å². The summed E-state index contributed by atoms with van der Waals surface area (Å²) in [4.78, 5) is 6.28. The van der Waals surface area contributed by atoms with Gasteiger partial charge in [-0.05, 0) is 45.6 Å². The average molecular weight is 284 g/mol. The van der Waals surface area contributed by atoms with Gasteiger partial charge in [0.1, 0.15) is 17.1 Å². The van der Waals surface area contributed by atoms with Crippen molar-refractivity contribution in [2.24, 2.45) is 0 Å². The van der Waals surface area contributed by atoms with E-state index >= 15 is 0 Å². The van der Waals surface area contributed by atoms with Crippen LogP contribution in [0.3, 0.4) is 0 Å². The zero-order valence-corrected chi connectivity index (χ0v) is 12.4. The number of hydrogen-bond donors (Lipinski definition) is 1. The van der Waals surface area contributed by atoms with Crippen LogP contribution in [-0.2, 0) is 5.60 Å². The fourth-order valence-corrected chi connectivity index (χ4v) is 2.86. The second-order valence-corrected chi connectivity index (χ2v) is 5.74. The molecule has 2 aromatic rings. The fraction of sp³-hybridized carbons (Fsp3) is 0.353. The molecule has 0 aliphatic carbocycles. The van der Waals surface area contributed by atoms with E-state index in [0.717, 1.165) is 29.8 Å². The van der Waals surface area contributed by atoms with Crippen molar-refractivity contribution < 1.29 is 9.84 Å². The van der Waals surface area contributed by atoms with Gasteiger partial charge in [-0.3, -0.25) is 4.98 Å². The van der Waals surface area contributed by atoms with Gasteiger partial charge < -0.3 is 14.7 Å². The number of aliphatic hydroxyl groups is 1. The minimum Gasteiger partial charge on any atom is -0.456 e. The molecule has 1 aliphatic rings. The first-order chi connectivity index (χ1) is 10.1. The minimum absolute atomic E-state index is 0.643. The van der Waals surface area contributed by atoms with Crippen LogP contribution in [0.4, 0.5) is 0 Å². The van der Waals surface area contributed by atoms with Gasteiger partial charge in [0.25, 0.3) is 0 Å². The Kier molecular flexibility index (Phi) is 3.66. The highest BCUT2D eigenvalue weighted by Crippen LogP contribution is 2.48. The first-order valence-corrected chi connectivity index (χ1v) is 7.20. The molecular weight excluding hydrogens is 264 g/mol. The monoisotopic (exact) mass is 284 g/mol. The lowest BCUT2D eigenvalue weighted by Gasteiger charge is -2.35. The third-order valence-corrected chi connectivity index (χ3v) is 3.92. The predicted molar refractivity (Wildman–Crippen MR) is 81.5 cm³/mol. The maximum Gasteiger partial charge on any atom is 0.136 e. The predicted octanol–water partition coefficient (Wildman–Crippen LogP) is 2.77. The lowest BCUT2D eigenvalue weighted by atomic mass is 9.81. The molecule has 2 heterocycles. The van der Waals surface area contributed by atoms with Crippen molar-refractivity contribution in [2.75, 3.05) is 20.6 Å². The molecule has 0 saturated heterocycles. The zero-order chi connectivity index (χ0) is 14.9. The molecular formula is C17H20N2O2. The van der Waals surface area contributed by atoms with Crippen LogP contribution in [0, 0.1) is 0 Å². The van der Waals surface area contributed by atoms with Gasteiger partial charge >= 0.3 is 0 Å². The molecule has 1 N–H and O–H groups in total. The molecule has 21 heavy (non-hydrogen) atoms. The van der Waals surface area contributed by atoms with Gasteiger partial charge in [-0.15, -0.1) is 0 Å². The fourth-order valence-electron chi connectivity index (χ4n) is 2.86. The van der Waals surface area contributed by atoms with Gasteiger partial charge in [-0.2, -0.15) is 0 Å². The van der Waals surface area contributed by atoms with Gasteiger partial charge in [0.2, 0.25) is 0 Å². The van der Waals surface area contributed by atoms with Crippen LogP contribution in [0.1, 0.15) is 24.0 Å². The first kappa shape index (κ1) is 14.0. The molecule has 0 spiro atoms. The molecule has 0 saturated carbocycles. The zero-order valence-electron chi connectivity index (χ0n) is 12.4. The van der Waals surface area contributed by atoms with Crippen molar-refractivity contribution >= 4 is 0 Å². The lowest BCUT2D eigenvalue weighted by Crippen LogP contribution is -2.32. The van der Waals surface area contributed by atoms with Crippen LogP contribution < -0.4 is 4.74 Å². The normalized spacial score (nSPS) is 19.8. The van der Waals surface area contributed by atoms with E-state index in [1.807, 2.05) is 44.4 Å². The van der Waals surface area contributed by atoms with Crippen molar-refractivity contribution in [1.29, 1.82) is 0 Å². The van der Waals surface area contributed by atoms with Crippen LogP contribution in [0.2, 0.25) is 0 Å². The molecule has 0 fully saturated rings. The first-order valence-electron chi connectivity index (χ1n) is 7.20. The second kappa shape index (κ2) is 5.47. The van der Waals surface area contributed by atoms with E-state index in [-0.39, 0.29) is 0 Å². The van der Waals surface area contributed by atoms with Crippen LogP contribution in [0.25, 0.3) is 0 Å². The molecule has 110 valence electrons. The van der Waals surface area contributed by atoms with Gasteiger partial charge in [-0.1, -0.05) is 18.2 Å². The summed E-state index contributed by atoms with van der Waals surface area (Å²) < 4.78 is 5.89. The Morgan fingerprint density at radius 1 is 1.14 bits per heavy atom. The third-order valence-electron chi connectivity index (χ3n) is 3.92. The number of nitrogens with zero attached hydrogens (tertiary/aromatic N) is 2. The number of pyridine rings is 1. The summed E-state index contributed by atoms with van der Waals surface area (Å²) in [5, 5.41) is 11.3. The molecule has 3 rings (SSSR count). The number of rotatable bonds is 4. The van der Waals surface area contributed by atoms with E-state index in [1.54, 1.807) is 12.4 Å². The Balaban J connectivity index is 2.01. The maximum absolute atomic E-state index is 11.3. The number of ether oxygens (including phenoxy) is 1. The van der Waals surface area contributed by atoms with E-state index in [0.29, 0.717) is 12.2 Å². The third kappa shape index (κ3) is 2.52. The quantitative estimate of drug-likeness (QED) is 0.937. The molecule has 1 aromatic heterocycles. The van der Waals surface area contributed by atoms with Crippen LogP contribution in [0.15, 0.2) is 42.7 Å². The standard InChI is InChI=1S/C17H20N2O2/c1-19(2)11-5-9-17(20)13-6-3-4-7-15(13)21-16-8-10-18-12-14(16)17/h3-4,6-8,10,12,20H,5,9,11H2,1-2H3/t17-/m0/s1. The highest BCUT2D eigenvalue weighted by molar-refractivity contribution is 5.54. The van der Waals surface area contributed by atoms with Crippen molar-refractivity contribution in [2.45, 2.75) is 18.4 Å². The van der Waals surface area contributed by atoms with Gasteiger partial charge in [0.05, 0.1) is 0 Å². The highest BCUT2D eigenvalue weighted by Gasteiger charge is 2.40. The lowest BCUT2D eigenvalue weighted by molar-refractivity contribution is 0.0557. The molecule has 1 atom stereocenters. The smallest absolute Gasteiger partial charge is 0.136 e. The molecule has 1 aliphatic heterocycles. The Morgan fingerprint density at radius 3 is 2.71 bits per heavy atom. The number of aromatic nitrogens is 1. The van der Waals surface area contributed by atoms with Crippen LogP contribution in [-0.4, -0.2) is 35.6 Å². The Labute approximate surface area is 125 Å². The summed E-state index contributed by atoms with van der Waals surface area (Å²) in [6.45, 7) is 0.931. The van der Waals surface area contributed by atoms with Crippen molar-refractivity contribution in [3.05, 3.63) is 53.9 Å². The van der Waals surface area contributed by atoms with Gasteiger partial charge in [-0.25, -0.2) is 0 Å². The van der Waals surface area contributed by atoms with E-state index in [1.165, 1.54) is 0 Å². The summed E-state index contributed by atoms with van der Waals surface area (Å²) in [5.41, 5.74) is 0.542. The SMILES string of the molecule is CN(C)CCC[C@]1(O)c2ccccc2Oc2ccncc21. The molecule has 0 unspecified atom stereocenters. The largest absolute Gasteiger partial charge is 0.456 e. The summed E-state index contributed by atoms with van der Waals surface area (Å²) in [7, 11) is 4.08. The highest BCUT2D eigenvalue weighted by atomic mass is 16.5. The number of para-hydroxylation sites is 1. The summed E-state index contributed by atoms with van der Waals surface area (Å²) in [6, 6.07) is 9.49. The van der Waals surface area contributed by atoms with Gasteiger partial charge in [0, 0.05) is 23.5 Å². The maximum atomic E-state index is 11.3. The van der Waals surface area contributed by atoms with E-state index in [4.69, 9.17) is 4.74 Å². The second-order valence-electron chi connectivity index (χ2n) is 5.74. The number of fused-ring (bicyclic) bond motifs is 2. The topological polar surface area (TPSA) is 45.6 Å². The van der Waals surface area contributed by atoms with E-state index in [9.17, 15) is 5.11 Å². The molecule has 0 radical (unpaired) electrons. The van der Waals surface area contributed by atoms with E-state index in [2.05, 4.69) is 9.88 Å². The molecule has 4 heteroatoms. The number of hydrogen-bond acceptors (Lipinski definition) is 4. The summed E-state index contributed by atoms with van der Waals surface area (Å²) >= 11 is 0. The van der Waals surface area contributed by atoms with Crippen molar-refractivity contribution in [3.8, 4) is 11.5 Å². The summed E-state index contributed by atoms with van der Waals surface area (Å²) in [6.07, 6.45) is 4.93. The minimum atomic E-state index is -1.03. The summed E-state index contributed by atoms with van der Waals surface area (Å²) in [5.74, 6) is 1.42. The molecule has 0 amide bonds. The van der Waals surface area contributed by atoms with Crippen molar-refractivity contribution in [1.82, 2.24) is 9.88 Å². The molecule has 0 bridgehead atoms. The Bertz CT molecular complexity index is 595. The number of benzene rings is 1. The average Bonchev–Trinajstić information content (AvgIpc) is 2.47. The Morgan fingerprint density at radius 2 is 1.90 bits per heavy atom. The van der Waals surface area contributed by atoms with Crippen molar-refractivity contribution in [3.63, 3.8) is 0 Å². The van der Waals surface area contributed by atoms with E-state index < -0.39 is 5.60 Å². The molecule has 4 nitrogen and oxygen atoms in total. The van der Waals surface area contributed by atoms with Crippen LogP contribution >= 0.6 is 0 Å². The van der Waals surface area contributed by atoms with Crippen LogP contribution in [0.5, 0.6) is 11.5 Å².